The van der Waals surface area contributed by atoms with Gasteiger partial charge < -0.3 is 30.3 Å². The van der Waals surface area contributed by atoms with E-state index >= 15 is 0 Å². The maximum Gasteiger partial charge on any atom is 0.409 e. The topological polar surface area (TPSA) is 171 Å². The summed E-state index contributed by atoms with van der Waals surface area (Å²) in [5.74, 6) is -2.44. The molecule has 1 aromatic heterocycles. The second kappa shape index (κ2) is 13.1. The largest absolute Gasteiger partial charge is 0.481 e. The van der Waals surface area contributed by atoms with Gasteiger partial charge in [0.2, 0.25) is 11.8 Å². The van der Waals surface area contributed by atoms with Gasteiger partial charge in [-0.05, 0) is 13.3 Å². The predicted octanol–water partition coefficient (Wildman–Crippen LogP) is 1.37. The molecule has 1 unspecified atom stereocenters. The summed E-state index contributed by atoms with van der Waals surface area (Å²) in [6.07, 6.45) is -0.966. The molecule has 38 heavy (non-hydrogen) atoms. The number of nitrogens with one attached hydrogen (secondary N) is 2. The van der Waals surface area contributed by atoms with Gasteiger partial charge in [-0.25, -0.2) is 14.8 Å². The molecule has 3 N–H and O–H groups in total. The van der Waals surface area contributed by atoms with Gasteiger partial charge in [0.1, 0.15) is 17.6 Å². The number of nitrogens with zero attached hydrogens (tertiary/aromatic N) is 4. The third-order valence-corrected chi connectivity index (χ3v) is 5.66. The minimum atomic E-state index is -1.15. The fourth-order valence-electron chi connectivity index (χ4n) is 3.83. The summed E-state index contributed by atoms with van der Waals surface area (Å²) < 4.78 is 4.99. The van der Waals surface area contributed by atoms with Crippen LogP contribution in [0, 0.1) is 0 Å². The fraction of sp³-hybridized carbons (Fsp3) is 0.400. The standard InChI is InChI=1S/C25H30N6O7/c1-3-38-25(37)31-13-11-30(12-14-31)24(36)18(9-10-21(33)34)28-23(35)19-15-20(26-16(2)32)29-22(27-19)17-7-5-4-6-8-17/h4-8,15,18H,3,9-14H2,1-2H3,(H,28,35)(H,33,34)(H,26,27,29,32). The van der Waals surface area contributed by atoms with Crippen LogP contribution in [0.3, 0.4) is 0 Å². The van der Waals surface area contributed by atoms with Crippen LogP contribution < -0.4 is 10.6 Å². The fourth-order valence-corrected chi connectivity index (χ4v) is 3.83. The molecule has 0 radical (unpaired) electrons. The van der Waals surface area contributed by atoms with Gasteiger partial charge in [-0.2, -0.15) is 0 Å². The zero-order chi connectivity index (χ0) is 27.7. The van der Waals surface area contributed by atoms with Gasteiger partial charge in [0, 0.05) is 51.2 Å². The Labute approximate surface area is 219 Å². The molecule has 0 saturated carbocycles. The third kappa shape index (κ3) is 7.72. The average Bonchev–Trinajstić information content (AvgIpc) is 2.90. The number of aromatic nitrogens is 2. The summed E-state index contributed by atoms with van der Waals surface area (Å²) >= 11 is 0. The van der Waals surface area contributed by atoms with E-state index in [1.54, 1.807) is 37.3 Å². The van der Waals surface area contributed by atoms with E-state index in [0.717, 1.165) is 0 Å². The molecule has 1 aliphatic heterocycles. The quantitative estimate of drug-likeness (QED) is 0.436. The molecule has 0 bridgehead atoms. The highest BCUT2D eigenvalue weighted by Gasteiger charge is 2.31. The lowest BCUT2D eigenvalue weighted by molar-refractivity contribution is -0.138. The summed E-state index contributed by atoms with van der Waals surface area (Å²) in [7, 11) is 0. The van der Waals surface area contributed by atoms with E-state index in [4.69, 9.17) is 4.74 Å². The number of anilines is 1. The third-order valence-electron chi connectivity index (χ3n) is 5.66. The maximum absolute atomic E-state index is 13.3. The number of carbonyl (C=O) groups is 5. The molecule has 2 aromatic rings. The summed E-state index contributed by atoms with van der Waals surface area (Å²) in [6.45, 7) is 4.14. The SMILES string of the molecule is CCOC(=O)N1CCN(C(=O)C(CCC(=O)O)NC(=O)c2cc(NC(C)=O)nc(-c3ccccc3)n2)CC1. The second-order valence-corrected chi connectivity index (χ2v) is 8.48. The Balaban J connectivity index is 1.80. The number of carboxylic acids is 1. The Morgan fingerprint density at radius 1 is 1.03 bits per heavy atom. The van der Waals surface area contributed by atoms with E-state index in [-0.39, 0.29) is 63.0 Å². The first-order chi connectivity index (χ1) is 18.2. The number of piperazine rings is 1. The van der Waals surface area contributed by atoms with Crippen LogP contribution in [-0.2, 0) is 19.1 Å². The second-order valence-electron chi connectivity index (χ2n) is 8.48. The smallest absolute Gasteiger partial charge is 0.409 e. The number of ether oxygens (including phenoxy) is 1. The van der Waals surface area contributed by atoms with Crippen molar-refractivity contribution in [1.82, 2.24) is 25.1 Å². The van der Waals surface area contributed by atoms with Gasteiger partial charge in [-0.1, -0.05) is 30.3 Å². The summed E-state index contributed by atoms with van der Waals surface area (Å²) in [5, 5.41) is 14.3. The maximum atomic E-state index is 13.3. The van der Waals surface area contributed by atoms with Crippen LogP contribution in [0.1, 0.15) is 37.2 Å². The Morgan fingerprint density at radius 2 is 1.68 bits per heavy atom. The van der Waals surface area contributed by atoms with Gasteiger partial charge in [-0.15, -0.1) is 0 Å². The van der Waals surface area contributed by atoms with Crippen LogP contribution >= 0.6 is 0 Å². The van der Waals surface area contributed by atoms with Crippen molar-refractivity contribution in [2.45, 2.75) is 32.7 Å². The van der Waals surface area contributed by atoms with Crippen molar-refractivity contribution in [3.8, 4) is 11.4 Å². The summed E-state index contributed by atoms with van der Waals surface area (Å²) in [6, 6.07) is 8.96. The van der Waals surface area contributed by atoms with Gasteiger partial charge in [0.15, 0.2) is 5.82 Å². The van der Waals surface area contributed by atoms with Crippen molar-refractivity contribution in [1.29, 1.82) is 0 Å². The van der Waals surface area contributed by atoms with Crippen molar-refractivity contribution >= 4 is 35.6 Å². The van der Waals surface area contributed by atoms with Crippen molar-refractivity contribution in [2.75, 3.05) is 38.1 Å². The first-order valence-corrected chi connectivity index (χ1v) is 12.1. The van der Waals surface area contributed by atoms with Gasteiger partial charge in [-0.3, -0.25) is 19.2 Å². The van der Waals surface area contributed by atoms with Crippen molar-refractivity contribution in [3.63, 3.8) is 0 Å². The van der Waals surface area contributed by atoms with Crippen LogP contribution in [0.2, 0.25) is 0 Å². The minimum Gasteiger partial charge on any atom is -0.481 e. The summed E-state index contributed by atoms with van der Waals surface area (Å²) in [5.41, 5.74) is 0.495. The van der Waals surface area contributed by atoms with E-state index in [1.165, 1.54) is 22.8 Å². The van der Waals surface area contributed by atoms with Gasteiger partial charge >= 0.3 is 12.1 Å². The number of amides is 4. The number of aliphatic carboxylic acids is 1. The molecule has 1 saturated heterocycles. The van der Waals surface area contributed by atoms with Crippen LogP contribution in [0.5, 0.6) is 0 Å². The van der Waals surface area contributed by atoms with Crippen molar-refractivity contribution in [3.05, 3.63) is 42.1 Å². The highest BCUT2D eigenvalue weighted by atomic mass is 16.6. The number of carboxylic acid groups (broad SMARTS) is 1. The molecule has 4 amide bonds. The zero-order valence-corrected chi connectivity index (χ0v) is 21.2. The van der Waals surface area contributed by atoms with Crippen molar-refractivity contribution < 1.29 is 33.8 Å². The highest BCUT2D eigenvalue weighted by molar-refractivity contribution is 5.98. The van der Waals surface area contributed by atoms with Gasteiger partial charge in [0.05, 0.1) is 6.61 Å². The molecule has 1 atom stereocenters. The minimum absolute atomic E-state index is 0.0972. The molecule has 13 nitrogen and oxygen atoms in total. The molecule has 0 spiro atoms. The van der Waals surface area contributed by atoms with E-state index < -0.39 is 35.8 Å². The number of rotatable bonds is 9. The molecular weight excluding hydrogens is 496 g/mol. The lowest BCUT2D eigenvalue weighted by atomic mass is 10.1. The van der Waals surface area contributed by atoms with E-state index in [0.29, 0.717) is 5.56 Å². The lowest BCUT2D eigenvalue weighted by Crippen LogP contribution is -2.56. The van der Waals surface area contributed by atoms with E-state index in [9.17, 15) is 29.1 Å². The molecule has 2 heterocycles. The van der Waals surface area contributed by atoms with Crippen LogP contribution in [-0.4, -0.2) is 93.5 Å². The molecule has 1 aromatic carbocycles. The van der Waals surface area contributed by atoms with Crippen LogP contribution in [0.15, 0.2) is 36.4 Å². The Hall–Kier alpha value is -4.55. The molecule has 3 rings (SSSR count). The number of benzene rings is 1. The molecule has 202 valence electrons. The number of hydrogen-bond acceptors (Lipinski definition) is 8. The molecular formula is C25H30N6O7. The van der Waals surface area contributed by atoms with Crippen molar-refractivity contribution in [2.24, 2.45) is 0 Å². The zero-order valence-electron chi connectivity index (χ0n) is 21.2. The van der Waals surface area contributed by atoms with Crippen LogP contribution in [0.25, 0.3) is 11.4 Å². The average molecular weight is 527 g/mol. The highest BCUT2D eigenvalue weighted by Crippen LogP contribution is 2.18. The van der Waals surface area contributed by atoms with E-state index in [1.807, 2.05) is 0 Å². The van der Waals surface area contributed by atoms with Crippen LogP contribution in [0.4, 0.5) is 10.6 Å². The molecule has 1 aliphatic rings. The molecule has 13 heteroatoms. The number of carbonyl (C=O) groups excluding carboxylic acids is 4. The number of hydrogen-bond donors (Lipinski definition) is 3. The normalized spacial score (nSPS) is 13.8. The summed E-state index contributed by atoms with van der Waals surface area (Å²) in [4.78, 5) is 72.8. The lowest BCUT2D eigenvalue weighted by Gasteiger charge is -2.35. The Bertz CT molecular complexity index is 1180. The van der Waals surface area contributed by atoms with E-state index in [2.05, 4.69) is 20.6 Å². The monoisotopic (exact) mass is 526 g/mol. The Morgan fingerprint density at radius 3 is 2.29 bits per heavy atom. The molecule has 1 fully saturated rings. The first-order valence-electron chi connectivity index (χ1n) is 12.1. The molecule has 0 aliphatic carbocycles. The first kappa shape index (κ1) is 28.0. The predicted molar refractivity (Wildman–Crippen MR) is 135 cm³/mol. The van der Waals surface area contributed by atoms with Gasteiger partial charge in [0.25, 0.3) is 5.91 Å². The Kier molecular flexibility index (Phi) is 9.68.